The summed E-state index contributed by atoms with van der Waals surface area (Å²) >= 11 is -2.27. The van der Waals surface area contributed by atoms with Crippen molar-refractivity contribution in [1.29, 1.82) is 0 Å². The SMILES string of the molecule is C=C[CH2][Ti]([CH2]C=C)([CH2]C=C)[c]1ccc2cccccc1-2. The molecule has 0 heterocycles. The zero-order valence-corrected chi connectivity index (χ0v) is 13.6. The van der Waals surface area contributed by atoms with E-state index >= 15 is 0 Å². The van der Waals surface area contributed by atoms with Crippen molar-refractivity contribution < 1.29 is 16.6 Å². The maximum absolute atomic E-state index is 3.99. The van der Waals surface area contributed by atoms with Crippen LogP contribution in [0.4, 0.5) is 0 Å². The fourth-order valence-electron chi connectivity index (χ4n) is 3.09. The first-order valence-electron chi connectivity index (χ1n) is 7.08. The van der Waals surface area contributed by atoms with Gasteiger partial charge in [-0.25, -0.2) is 0 Å². The average Bonchev–Trinajstić information content (AvgIpc) is 2.69. The third-order valence-corrected chi connectivity index (χ3v) is 11.4. The first-order chi connectivity index (χ1) is 9.77. The molecule has 0 radical (unpaired) electrons. The van der Waals surface area contributed by atoms with Crippen molar-refractivity contribution in [3.63, 3.8) is 0 Å². The molecular weight excluding hydrogens is 276 g/mol. The number of rotatable bonds is 7. The molecule has 0 aromatic carbocycles. The zero-order valence-electron chi connectivity index (χ0n) is 12.0. The zero-order chi connectivity index (χ0) is 14.4. The molecule has 0 fully saturated rings. The summed E-state index contributed by atoms with van der Waals surface area (Å²) in [6.07, 6.45) is 6.28. The van der Waals surface area contributed by atoms with Crippen LogP contribution in [0.5, 0.6) is 0 Å². The van der Waals surface area contributed by atoms with Crippen LogP contribution in [0.2, 0.25) is 14.2 Å². The molecule has 0 amide bonds. The predicted molar refractivity (Wildman–Crippen MR) is 87.7 cm³/mol. The molecule has 2 aliphatic rings. The van der Waals surface area contributed by atoms with Gasteiger partial charge >= 0.3 is 126 Å². The minimum atomic E-state index is -2.27. The molecule has 2 rings (SSSR count). The third kappa shape index (κ3) is 2.87. The van der Waals surface area contributed by atoms with E-state index in [9.17, 15) is 0 Å². The Morgan fingerprint density at radius 2 is 1.35 bits per heavy atom. The molecule has 0 saturated carbocycles. The van der Waals surface area contributed by atoms with E-state index in [1.807, 2.05) is 0 Å². The summed E-state index contributed by atoms with van der Waals surface area (Å²) < 4.78 is 4.93. The second kappa shape index (κ2) is 6.88. The predicted octanol–water partition coefficient (Wildman–Crippen LogP) is 5.38. The molecule has 0 N–H and O–H groups in total. The summed E-state index contributed by atoms with van der Waals surface area (Å²) in [5, 5.41) is 0. The van der Waals surface area contributed by atoms with Crippen LogP contribution in [0.3, 0.4) is 0 Å². The second-order valence-electron chi connectivity index (χ2n) is 5.29. The van der Waals surface area contributed by atoms with Crippen LogP contribution in [0.1, 0.15) is 0 Å². The standard InChI is InChI=1S/C10H7.3C3H5.Ti/c1-2-5-9-7-4-8-10(9)6-3-1;3*1-3-2;/h1-7H;3*3H,1-2H2;. The van der Waals surface area contributed by atoms with Gasteiger partial charge in [0.05, 0.1) is 0 Å². The van der Waals surface area contributed by atoms with Crippen LogP contribution in [-0.2, 0) is 16.6 Å². The molecular formula is C19H22Ti. The molecule has 0 spiro atoms. The van der Waals surface area contributed by atoms with E-state index in [-0.39, 0.29) is 0 Å². The fourth-order valence-corrected chi connectivity index (χ4v) is 9.42. The van der Waals surface area contributed by atoms with Gasteiger partial charge in [0.25, 0.3) is 0 Å². The Balaban J connectivity index is 2.60. The Kier molecular flexibility index (Phi) is 5.17. The molecule has 0 nitrogen and oxygen atoms in total. The first kappa shape index (κ1) is 15.0. The molecule has 20 heavy (non-hydrogen) atoms. The van der Waals surface area contributed by atoms with Crippen LogP contribution in [-0.4, -0.2) is 0 Å². The Labute approximate surface area is 126 Å². The van der Waals surface area contributed by atoms with Crippen molar-refractivity contribution in [3.05, 3.63) is 80.4 Å². The molecule has 0 bridgehead atoms. The van der Waals surface area contributed by atoms with Gasteiger partial charge in [-0.15, -0.1) is 0 Å². The van der Waals surface area contributed by atoms with Crippen molar-refractivity contribution in [2.24, 2.45) is 0 Å². The second-order valence-corrected chi connectivity index (χ2v) is 12.0. The van der Waals surface area contributed by atoms with Crippen molar-refractivity contribution >= 4 is 3.87 Å². The van der Waals surface area contributed by atoms with Crippen molar-refractivity contribution in [2.75, 3.05) is 0 Å². The van der Waals surface area contributed by atoms with Gasteiger partial charge in [-0.1, -0.05) is 0 Å². The van der Waals surface area contributed by atoms with E-state index in [4.69, 9.17) is 0 Å². The molecule has 2 aliphatic carbocycles. The van der Waals surface area contributed by atoms with Gasteiger partial charge in [0.2, 0.25) is 0 Å². The summed E-state index contributed by atoms with van der Waals surface area (Å²) in [4.78, 5) is 0. The normalized spacial score (nSPS) is 11.2. The quantitative estimate of drug-likeness (QED) is 0.475. The topological polar surface area (TPSA) is 0 Å². The monoisotopic (exact) mass is 298 g/mol. The van der Waals surface area contributed by atoms with E-state index in [0.29, 0.717) is 0 Å². The number of hydrogen-bond acceptors (Lipinski definition) is 0. The van der Waals surface area contributed by atoms with Crippen molar-refractivity contribution in [1.82, 2.24) is 0 Å². The van der Waals surface area contributed by atoms with Crippen LogP contribution >= 0.6 is 0 Å². The molecule has 0 unspecified atom stereocenters. The van der Waals surface area contributed by atoms with Crippen LogP contribution in [0.15, 0.2) is 80.4 Å². The first-order valence-corrected chi connectivity index (χ1v) is 11.2. The summed E-state index contributed by atoms with van der Waals surface area (Å²) in [5.74, 6) is 0. The fraction of sp³-hybridized carbons (Fsp3) is 0.158. The molecule has 0 saturated heterocycles. The number of fused-ring (bicyclic) bond motifs is 1. The summed E-state index contributed by atoms with van der Waals surface area (Å²) in [6.45, 7) is 12.0. The Morgan fingerprint density at radius 1 is 0.750 bits per heavy atom. The number of allylic oxidation sites excluding steroid dienone is 3. The molecule has 1 heteroatoms. The van der Waals surface area contributed by atoms with Gasteiger partial charge in [0.15, 0.2) is 0 Å². The molecule has 0 atom stereocenters. The maximum atomic E-state index is 3.99. The van der Waals surface area contributed by atoms with E-state index < -0.39 is 16.6 Å². The van der Waals surface area contributed by atoms with Crippen LogP contribution in [0.25, 0.3) is 11.1 Å². The third-order valence-electron chi connectivity index (χ3n) is 3.97. The van der Waals surface area contributed by atoms with E-state index in [2.05, 4.69) is 80.4 Å². The van der Waals surface area contributed by atoms with Crippen LogP contribution < -0.4 is 3.87 Å². The van der Waals surface area contributed by atoms with Gasteiger partial charge in [0, 0.05) is 0 Å². The van der Waals surface area contributed by atoms with Gasteiger partial charge in [-0.05, 0) is 0 Å². The van der Waals surface area contributed by atoms with Gasteiger partial charge in [0.1, 0.15) is 0 Å². The van der Waals surface area contributed by atoms with Gasteiger partial charge < -0.3 is 0 Å². The van der Waals surface area contributed by atoms with E-state index in [1.165, 1.54) is 11.1 Å². The van der Waals surface area contributed by atoms with Gasteiger partial charge in [-0.3, -0.25) is 0 Å². The van der Waals surface area contributed by atoms with E-state index in [1.54, 1.807) is 3.87 Å². The van der Waals surface area contributed by atoms with E-state index in [0.717, 1.165) is 14.2 Å². The van der Waals surface area contributed by atoms with Crippen molar-refractivity contribution in [3.8, 4) is 11.1 Å². The average molecular weight is 298 g/mol. The van der Waals surface area contributed by atoms with Gasteiger partial charge in [-0.2, -0.15) is 0 Å². The molecule has 0 aliphatic heterocycles. The molecule has 0 aromatic rings. The summed E-state index contributed by atoms with van der Waals surface area (Å²) in [5.41, 5.74) is 2.73. The van der Waals surface area contributed by atoms with Crippen molar-refractivity contribution in [2.45, 2.75) is 14.2 Å². The Bertz CT molecular complexity index is 556. The molecule has 102 valence electrons. The Morgan fingerprint density at radius 3 is 1.95 bits per heavy atom. The Hall–Kier alpha value is -1.37. The molecule has 0 aromatic heterocycles. The minimum absolute atomic E-state index is 1.12. The number of hydrogen-bond donors (Lipinski definition) is 0. The summed E-state index contributed by atoms with van der Waals surface area (Å²) in [6, 6.07) is 15.4. The summed E-state index contributed by atoms with van der Waals surface area (Å²) in [7, 11) is 0. The van der Waals surface area contributed by atoms with Crippen LogP contribution in [0, 0.1) is 0 Å².